The van der Waals surface area contributed by atoms with E-state index in [2.05, 4.69) is 56.6 Å². The van der Waals surface area contributed by atoms with Crippen molar-refractivity contribution in [1.82, 2.24) is 9.97 Å². The Kier molecular flexibility index (Phi) is 3.77. The van der Waals surface area contributed by atoms with Crippen molar-refractivity contribution >= 4 is 17.6 Å². The van der Waals surface area contributed by atoms with Crippen LogP contribution in [0.25, 0.3) is 0 Å². The number of nitrogens with zero attached hydrogens (tertiary/aromatic N) is 3. The Balaban J connectivity index is 1.54. The minimum Gasteiger partial charge on any atom is -0.368 e. The zero-order chi connectivity index (χ0) is 15.6. The molecule has 1 unspecified atom stereocenters. The smallest absolute Gasteiger partial charge is 0.223 e. The Bertz CT molecular complexity index is 668. The lowest BCUT2D eigenvalue weighted by Crippen LogP contribution is -2.32. The lowest BCUT2D eigenvalue weighted by Gasteiger charge is -2.26. The van der Waals surface area contributed by atoms with Gasteiger partial charge in [-0.3, -0.25) is 0 Å². The van der Waals surface area contributed by atoms with E-state index in [0.717, 1.165) is 24.6 Å². The van der Waals surface area contributed by atoms with Gasteiger partial charge in [0.25, 0.3) is 0 Å². The van der Waals surface area contributed by atoms with Gasteiger partial charge in [0.15, 0.2) is 0 Å². The van der Waals surface area contributed by atoms with Crippen LogP contribution in [0.5, 0.6) is 0 Å². The van der Waals surface area contributed by atoms with Crippen LogP contribution < -0.4 is 16.0 Å². The number of nitrogens with one attached hydrogen (secondary N) is 1. The van der Waals surface area contributed by atoms with Gasteiger partial charge >= 0.3 is 0 Å². The quantitative estimate of drug-likeness (QED) is 0.889. The molecule has 120 valence electrons. The standard InChI is InChI=1S/C18H23N5/c19-18-21-16(20-14-8-9-14)12-17(22-18)23-10-4-7-15(23)11-13-5-2-1-3-6-13/h1-3,5-6,12,14-15H,4,7-11H2,(H3,19,20,21,22). The molecule has 0 bridgehead atoms. The molecule has 2 heterocycles. The Morgan fingerprint density at radius 1 is 1.13 bits per heavy atom. The fourth-order valence-electron chi connectivity index (χ4n) is 3.35. The second kappa shape index (κ2) is 6.07. The number of rotatable bonds is 5. The molecule has 2 aliphatic rings. The van der Waals surface area contributed by atoms with Gasteiger partial charge in [0.2, 0.25) is 5.95 Å². The number of nitrogen functional groups attached to an aromatic ring is 1. The van der Waals surface area contributed by atoms with Crippen molar-refractivity contribution in [2.24, 2.45) is 0 Å². The maximum absolute atomic E-state index is 5.93. The molecule has 2 aromatic rings. The Hall–Kier alpha value is -2.30. The summed E-state index contributed by atoms with van der Waals surface area (Å²) in [5.74, 6) is 2.18. The van der Waals surface area contributed by atoms with Crippen molar-refractivity contribution < 1.29 is 0 Å². The second-order valence-corrected chi connectivity index (χ2v) is 6.57. The third-order valence-corrected chi connectivity index (χ3v) is 4.64. The van der Waals surface area contributed by atoms with Crippen LogP contribution >= 0.6 is 0 Å². The van der Waals surface area contributed by atoms with Gasteiger partial charge in [-0.1, -0.05) is 30.3 Å². The van der Waals surface area contributed by atoms with Crippen LogP contribution in [0.1, 0.15) is 31.2 Å². The first-order valence-corrected chi connectivity index (χ1v) is 8.49. The van der Waals surface area contributed by atoms with Crippen LogP contribution in [0, 0.1) is 0 Å². The van der Waals surface area contributed by atoms with E-state index >= 15 is 0 Å². The van der Waals surface area contributed by atoms with Crippen LogP contribution in [0.15, 0.2) is 36.4 Å². The topological polar surface area (TPSA) is 67.1 Å². The largest absolute Gasteiger partial charge is 0.368 e. The average Bonchev–Trinajstić information content (AvgIpc) is 3.23. The number of hydrogen-bond acceptors (Lipinski definition) is 5. The summed E-state index contributed by atoms with van der Waals surface area (Å²) in [5.41, 5.74) is 7.31. The molecular weight excluding hydrogens is 286 g/mol. The number of aromatic nitrogens is 2. The predicted octanol–water partition coefficient (Wildman–Crippen LogP) is 2.84. The molecule has 0 amide bonds. The second-order valence-electron chi connectivity index (χ2n) is 6.57. The van der Waals surface area contributed by atoms with Crippen LogP contribution in [-0.4, -0.2) is 28.6 Å². The molecule has 1 saturated carbocycles. The summed E-state index contributed by atoms with van der Waals surface area (Å²) >= 11 is 0. The highest BCUT2D eigenvalue weighted by Crippen LogP contribution is 2.30. The molecule has 23 heavy (non-hydrogen) atoms. The molecule has 3 N–H and O–H groups in total. The van der Waals surface area contributed by atoms with E-state index in [1.165, 1.54) is 31.2 Å². The SMILES string of the molecule is Nc1nc(NC2CC2)cc(N2CCCC2Cc2ccccc2)n1. The molecule has 0 radical (unpaired) electrons. The summed E-state index contributed by atoms with van der Waals surface area (Å²) in [4.78, 5) is 11.2. The Labute approximate surface area is 136 Å². The Morgan fingerprint density at radius 3 is 2.74 bits per heavy atom. The maximum Gasteiger partial charge on any atom is 0.223 e. The first kappa shape index (κ1) is 14.3. The minimum absolute atomic E-state index is 0.357. The third kappa shape index (κ3) is 3.38. The highest BCUT2D eigenvalue weighted by Gasteiger charge is 2.27. The first-order chi connectivity index (χ1) is 11.3. The summed E-state index contributed by atoms with van der Waals surface area (Å²) < 4.78 is 0. The van der Waals surface area contributed by atoms with Gasteiger partial charge in [-0.15, -0.1) is 0 Å². The van der Waals surface area contributed by atoms with E-state index in [-0.39, 0.29) is 0 Å². The summed E-state index contributed by atoms with van der Waals surface area (Å²) in [6.07, 6.45) is 5.90. The maximum atomic E-state index is 5.93. The van der Waals surface area contributed by atoms with E-state index in [1.54, 1.807) is 0 Å². The van der Waals surface area contributed by atoms with E-state index < -0.39 is 0 Å². The van der Waals surface area contributed by atoms with E-state index in [4.69, 9.17) is 5.73 Å². The van der Waals surface area contributed by atoms with Crippen molar-refractivity contribution in [2.75, 3.05) is 22.5 Å². The summed E-state index contributed by atoms with van der Waals surface area (Å²) in [5, 5.41) is 3.43. The summed E-state index contributed by atoms with van der Waals surface area (Å²) in [6.45, 7) is 1.04. The molecule has 5 nitrogen and oxygen atoms in total. The highest BCUT2D eigenvalue weighted by atomic mass is 15.3. The van der Waals surface area contributed by atoms with Gasteiger partial charge in [-0.2, -0.15) is 9.97 Å². The van der Waals surface area contributed by atoms with Crippen LogP contribution in [0.4, 0.5) is 17.6 Å². The number of benzene rings is 1. The zero-order valence-electron chi connectivity index (χ0n) is 13.3. The molecule has 1 aliphatic carbocycles. The van der Waals surface area contributed by atoms with Gasteiger partial charge in [0, 0.05) is 24.7 Å². The normalized spacial score (nSPS) is 20.7. The lowest BCUT2D eigenvalue weighted by molar-refractivity contribution is 0.658. The molecule has 1 atom stereocenters. The monoisotopic (exact) mass is 309 g/mol. The molecule has 4 rings (SSSR count). The Morgan fingerprint density at radius 2 is 1.96 bits per heavy atom. The molecule has 5 heteroatoms. The molecule has 2 fully saturated rings. The van der Waals surface area contributed by atoms with E-state index in [0.29, 0.717) is 18.0 Å². The third-order valence-electron chi connectivity index (χ3n) is 4.64. The molecule has 0 spiro atoms. The first-order valence-electron chi connectivity index (χ1n) is 8.49. The molecule has 1 aromatic heterocycles. The van der Waals surface area contributed by atoms with E-state index in [9.17, 15) is 0 Å². The number of anilines is 3. The van der Waals surface area contributed by atoms with Crippen molar-refractivity contribution in [1.29, 1.82) is 0 Å². The van der Waals surface area contributed by atoms with Gasteiger partial charge in [-0.05, 0) is 37.7 Å². The predicted molar refractivity (Wildman–Crippen MR) is 93.6 cm³/mol. The van der Waals surface area contributed by atoms with Crippen LogP contribution in [0.3, 0.4) is 0 Å². The zero-order valence-corrected chi connectivity index (χ0v) is 13.3. The fraction of sp³-hybridized carbons (Fsp3) is 0.444. The molecular formula is C18H23N5. The molecule has 1 aliphatic heterocycles. The van der Waals surface area contributed by atoms with Crippen LogP contribution in [-0.2, 0) is 6.42 Å². The highest BCUT2D eigenvalue weighted by molar-refractivity contribution is 5.54. The average molecular weight is 309 g/mol. The van der Waals surface area contributed by atoms with Crippen molar-refractivity contribution in [3.63, 3.8) is 0 Å². The summed E-state index contributed by atoms with van der Waals surface area (Å²) in [7, 11) is 0. The lowest BCUT2D eigenvalue weighted by atomic mass is 10.0. The van der Waals surface area contributed by atoms with Gasteiger partial charge in [-0.25, -0.2) is 0 Å². The van der Waals surface area contributed by atoms with Crippen molar-refractivity contribution in [3.8, 4) is 0 Å². The van der Waals surface area contributed by atoms with Gasteiger partial charge in [0.1, 0.15) is 11.6 Å². The molecule has 1 saturated heterocycles. The van der Waals surface area contributed by atoms with Gasteiger partial charge < -0.3 is 16.0 Å². The van der Waals surface area contributed by atoms with Crippen LogP contribution in [0.2, 0.25) is 0 Å². The molecule has 1 aromatic carbocycles. The minimum atomic E-state index is 0.357. The van der Waals surface area contributed by atoms with Crippen molar-refractivity contribution in [3.05, 3.63) is 42.0 Å². The van der Waals surface area contributed by atoms with E-state index in [1.807, 2.05) is 0 Å². The number of nitrogens with two attached hydrogens (primary N) is 1. The summed E-state index contributed by atoms with van der Waals surface area (Å²) in [6, 6.07) is 13.8. The van der Waals surface area contributed by atoms with Crippen molar-refractivity contribution in [2.45, 2.75) is 44.2 Å². The van der Waals surface area contributed by atoms with Gasteiger partial charge in [0.05, 0.1) is 0 Å². The number of hydrogen-bond donors (Lipinski definition) is 2. The fourth-order valence-corrected chi connectivity index (χ4v) is 3.35.